The lowest BCUT2D eigenvalue weighted by Gasteiger charge is -2.20. The maximum atomic E-state index is 14.6. The van der Waals surface area contributed by atoms with Crippen LogP contribution in [0, 0.1) is 0 Å². The first-order valence-electron chi connectivity index (χ1n) is 6.08. The molecular formula is C13H16FNO2. The number of hydrogen-bond acceptors (Lipinski definition) is 3. The third-order valence-corrected chi connectivity index (χ3v) is 3.37. The third-order valence-electron chi connectivity index (χ3n) is 3.37. The highest BCUT2D eigenvalue weighted by Crippen LogP contribution is 2.38. The van der Waals surface area contributed by atoms with Gasteiger partial charge in [-0.1, -0.05) is 6.07 Å². The van der Waals surface area contributed by atoms with Crippen molar-refractivity contribution in [1.29, 1.82) is 0 Å². The van der Waals surface area contributed by atoms with Crippen LogP contribution in [0.15, 0.2) is 18.2 Å². The van der Waals surface area contributed by atoms with Crippen LogP contribution >= 0.6 is 0 Å². The molecule has 2 aliphatic rings. The van der Waals surface area contributed by atoms with E-state index in [0.29, 0.717) is 37.5 Å². The molecule has 0 spiro atoms. The predicted octanol–water partition coefficient (Wildman–Crippen LogP) is 2.01. The van der Waals surface area contributed by atoms with Gasteiger partial charge in [-0.25, -0.2) is 4.39 Å². The summed E-state index contributed by atoms with van der Waals surface area (Å²) in [5, 5.41) is 3.06. The molecular weight excluding hydrogens is 221 g/mol. The van der Waals surface area contributed by atoms with E-state index in [1.807, 2.05) is 6.07 Å². The van der Waals surface area contributed by atoms with E-state index < -0.39 is 5.67 Å². The van der Waals surface area contributed by atoms with Gasteiger partial charge in [0.25, 0.3) is 0 Å². The molecule has 4 heteroatoms. The van der Waals surface area contributed by atoms with E-state index in [-0.39, 0.29) is 0 Å². The highest BCUT2D eigenvalue weighted by Gasteiger charge is 2.36. The Kier molecular flexibility index (Phi) is 2.67. The third kappa shape index (κ3) is 1.97. The van der Waals surface area contributed by atoms with Crippen molar-refractivity contribution >= 4 is 0 Å². The van der Waals surface area contributed by atoms with Crippen LogP contribution in [-0.4, -0.2) is 26.3 Å². The average Bonchev–Trinajstić information content (AvgIpc) is 2.65. The number of halogens is 1. The highest BCUT2D eigenvalue weighted by atomic mass is 19.1. The van der Waals surface area contributed by atoms with Crippen molar-refractivity contribution in [3.63, 3.8) is 0 Å². The maximum absolute atomic E-state index is 14.6. The summed E-state index contributed by atoms with van der Waals surface area (Å²) in [6.07, 6.45) is 1.39. The van der Waals surface area contributed by atoms with Crippen molar-refractivity contribution in [3.8, 4) is 11.5 Å². The van der Waals surface area contributed by atoms with Gasteiger partial charge in [0.2, 0.25) is 0 Å². The van der Waals surface area contributed by atoms with Crippen molar-refractivity contribution in [2.75, 3.05) is 26.3 Å². The summed E-state index contributed by atoms with van der Waals surface area (Å²) in [6.45, 7) is 2.40. The average molecular weight is 237 g/mol. The minimum absolute atomic E-state index is 0.382. The van der Waals surface area contributed by atoms with Crippen LogP contribution in [0.1, 0.15) is 18.4 Å². The van der Waals surface area contributed by atoms with Crippen LogP contribution in [0.4, 0.5) is 4.39 Å². The summed E-state index contributed by atoms with van der Waals surface area (Å²) in [5.41, 5.74) is -0.572. The van der Waals surface area contributed by atoms with Gasteiger partial charge in [-0.3, -0.25) is 0 Å². The number of nitrogens with one attached hydrogen (secondary N) is 1. The molecule has 3 nitrogen and oxygen atoms in total. The molecule has 0 aromatic heterocycles. The molecule has 2 aliphatic heterocycles. The van der Waals surface area contributed by atoms with Crippen molar-refractivity contribution in [2.45, 2.75) is 18.5 Å². The molecule has 1 atom stereocenters. The van der Waals surface area contributed by atoms with Crippen LogP contribution in [0.3, 0.4) is 0 Å². The lowest BCUT2D eigenvalue weighted by Crippen LogP contribution is -2.23. The molecule has 3 rings (SSSR count). The Labute approximate surface area is 99.9 Å². The molecule has 1 N–H and O–H groups in total. The minimum Gasteiger partial charge on any atom is -0.490 e. The van der Waals surface area contributed by atoms with Crippen LogP contribution in [0.25, 0.3) is 0 Å². The van der Waals surface area contributed by atoms with Crippen molar-refractivity contribution in [3.05, 3.63) is 23.8 Å². The molecule has 0 bridgehead atoms. The summed E-state index contributed by atoms with van der Waals surface area (Å²) >= 11 is 0. The molecule has 2 heterocycles. The Morgan fingerprint density at radius 3 is 2.76 bits per heavy atom. The van der Waals surface area contributed by atoms with Gasteiger partial charge in [-0.15, -0.1) is 0 Å². The number of fused-ring (bicyclic) bond motifs is 1. The second-order valence-corrected chi connectivity index (χ2v) is 4.60. The number of rotatable bonds is 1. The van der Waals surface area contributed by atoms with E-state index in [4.69, 9.17) is 9.47 Å². The monoisotopic (exact) mass is 237 g/mol. The standard InChI is InChI=1S/C13H16FNO2/c14-13(4-5-15-9-13)10-2-3-11-12(8-10)17-7-1-6-16-11/h2-3,8,15H,1,4-7,9H2. The molecule has 1 unspecified atom stereocenters. The molecule has 1 aromatic rings. The first-order chi connectivity index (χ1) is 8.28. The SMILES string of the molecule is FC1(c2ccc3c(c2)OCCCO3)CCNC1. The van der Waals surface area contributed by atoms with Gasteiger partial charge < -0.3 is 14.8 Å². The van der Waals surface area contributed by atoms with E-state index in [9.17, 15) is 4.39 Å². The summed E-state index contributed by atoms with van der Waals surface area (Å²) in [4.78, 5) is 0. The normalized spacial score (nSPS) is 27.8. The first-order valence-corrected chi connectivity index (χ1v) is 6.08. The van der Waals surface area contributed by atoms with Gasteiger partial charge in [0.15, 0.2) is 11.5 Å². The smallest absolute Gasteiger partial charge is 0.161 e. The lowest BCUT2D eigenvalue weighted by molar-refractivity contribution is 0.192. The number of hydrogen-bond donors (Lipinski definition) is 1. The Bertz CT molecular complexity index is 416. The Balaban J connectivity index is 1.94. The zero-order valence-electron chi connectivity index (χ0n) is 9.67. The quantitative estimate of drug-likeness (QED) is 0.810. The van der Waals surface area contributed by atoms with Gasteiger partial charge in [-0.2, -0.15) is 0 Å². The topological polar surface area (TPSA) is 30.5 Å². The number of alkyl halides is 1. The fraction of sp³-hybridized carbons (Fsp3) is 0.538. The van der Waals surface area contributed by atoms with Crippen LogP contribution < -0.4 is 14.8 Å². The van der Waals surface area contributed by atoms with Crippen LogP contribution in [0.5, 0.6) is 11.5 Å². The van der Waals surface area contributed by atoms with E-state index in [0.717, 1.165) is 18.7 Å². The molecule has 0 radical (unpaired) electrons. The number of ether oxygens (including phenoxy) is 2. The van der Waals surface area contributed by atoms with E-state index in [2.05, 4.69) is 5.32 Å². The fourth-order valence-corrected chi connectivity index (χ4v) is 2.35. The largest absolute Gasteiger partial charge is 0.490 e. The second kappa shape index (κ2) is 4.18. The van der Waals surface area contributed by atoms with Crippen molar-refractivity contribution < 1.29 is 13.9 Å². The van der Waals surface area contributed by atoms with E-state index >= 15 is 0 Å². The minimum atomic E-state index is -1.26. The highest BCUT2D eigenvalue weighted by molar-refractivity contribution is 5.45. The summed E-state index contributed by atoms with van der Waals surface area (Å²) < 4.78 is 25.7. The summed E-state index contributed by atoms with van der Waals surface area (Å²) in [6, 6.07) is 5.41. The fourth-order valence-electron chi connectivity index (χ4n) is 2.35. The van der Waals surface area contributed by atoms with Crippen LogP contribution in [0.2, 0.25) is 0 Å². The van der Waals surface area contributed by atoms with Gasteiger partial charge in [0.1, 0.15) is 5.67 Å². The maximum Gasteiger partial charge on any atom is 0.161 e. The second-order valence-electron chi connectivity index (χ2n) is 4.60. The lowest BCUT2D eigenvalue weighted by atomic mass is 9.94. The molecule has 1 saturated heterocycles. The van der Waals surface area contributed by atoms with Gasteiger partial charge >= 0.3 is 0 Å². The van der Waals surface area contributed by atoms with E-state index in [1.165, 1.54) is 0 Å². The molecule has 0 saturated carbocycles. The molecule has 1 aromatic carbocycles. The van der Waals surface area contributed by atoms with Gasteiger partial charge in [0.05, 0.1) is 13.2 Å². The Morgan fingerprint density at radius 1 is 1.18 bits per heavy atom. The van der Waals surface area contributed by atoms with Gasteiger partial charge in [0, 0.05) is 13.0 Å². The summed E-state index contributed by atoms with van der Waals surface area (Å²) in [7, 11) is 0. The zero-order valence-corrected chi connectivity index (χ0v) is 9.67. The van der Waals surface area contributed by atoms with E-state index in [1.54, 1.807) is 12.1 Å². The first kappa shape index (κ1) is 10.8. The molecule has 0 amide bonds. The predicted molar refractivity (Wildman–Crippen MR) is 62.3 cm³/mol. The summed E-state index contributed by atoms with van der Waals surface area (Å²) in [5.74, 6) is 1.39. The van der Waals surface area contributed by atoms with Gasteiger partial charge in [-0.05, 0) is 30.7 Å². The number of benzene rings is 1. The molecule has 0 aliphatic carbocycles. The molecule has 1 fully saturated rings. The van der Waals surface area contributed by atoms with Crippen LogP contribution in [-0.2, 0) is 5.67 Å². The van der Waals surface area contributed by atoms with Crippen molar-refractivity contribution in [1.82, 2.24) is 5.32 Å². The molecule has 92 valence electrons. The Hall–Kier alpha value is -1.29. The molecule has 17 heavy (non-hydrogen) atoms. The van der Waals surface area contributed by atoms with Crippen molar-refractivity contribution in [2.24, 2.45) is 0 Å². The zero-order chi connectivity index (χ0) is 11.7. The Morgan fingerprint density at radius 2 is 2.00 bits per heavy atom.